The van der Waals surface area contributed by atoms with E-state index in [1.165, 1.54) is 0 Å². The summed E-state index contributed by atoms with van der Waals surface area (Å²) in [5.41, 5.74) is 4.07. The second-order valence-electron chi connectivity index (χ2n) is 3.56. The number of rotatable bonds is 1. The van der Waals surface area contributed by atoms with Gasteiger partial charge in [-0.25, -0.2) is 0 Å². The molecule has 0 bridgehead atoms. The Labute approximate surface area is 77.9 Å². The molecule has 0 aromatic rings. The Kier molecular flexibility index (Phi) is 2.12. The lowest BCUT2D eigenvalue weighted by molar-refractivity contribution is 0.427. The van der Waals surface area contributed by atoms with E-state index in [0.29, 0.717) is 6.04 Å². The Morgan fingerprint density at radius 1 is 1.54 bits per heavy atom. The van der Waals surface area contributed by atoms with Gasteiger partial charge in [0.2, 0.25) is 0 Å². The van der Waals surface area contributed by atoms with Crippen LogP contribution in [0.5, 0.6) is 0 Å². The highest BCUT2D eigenvalue weighted by atomic mass is 15.3. The maximum absolute atomic E-state index is 4.48. The molecule has 0 aromatic heterocycles. The van der Waals surface area contributed by atoms with E-state index in [-0.39, 0.29) is 12.1 Å². The van der Waals surface area contributed by atoms with E-state index < -0.39 is 0 Å². The Morgan fingerprint density at radius 2 is 2.38 bits per heavy atom. The number of hydrogen-bond donors (Lipinski definition) is 1. The van der Waals surface area contributed by atoms with Crippen molar-refractivity contribution in [1.82, 2.24) is 5.43 Å². The van der Waals surface area contributed by atoms with Crippen LogP contribution in [-0.2, 0) is 0 Å². The minimum atomic E-state index is 0.242. The second-order valence-corrected chi connectivity index (χ2v) is 3.56. The largest absolute Gasteiger partial charge is 0.305 e. The van der Waals surface area contributed by atoms with E-state index in [1.54, 1.807) is 0 Å². The Balaban J connectivity index is 2.05. The second kappa shape index (κ2) is 3.28. The SMILES string of the molecule is CC1=NC(C)C(C2CC=NN2)N=C1. The third-order valence-electron chi connectivity index (χ3n) is 2.44. The molecule has 13 heavy (non-hydrogen) atoms. The van der Waals surface area contributed by atoms with Crippen molar-refractivity contribution >= 4 is 18.1 Å². The molecule has 0 aromatic carbocycles. The van der Waals surface area contributed by atoms with Crippen molar-refractivity contribution in [3.05, 3.63) is 0 Å². The number of nitrogens with zero attached hydrogens (tertiary/aromatic N) is 3. The average Bonchev–Trinajstić information content (AvgIpc) is 2.56. The first-order valence-electron chi connectivity index (χ1n) is 4.62. The van der Waals surface area contributed by atoms with Crippen LogP contribution in [0.3, 0.4) is 0 Å². The fraction of sp³-hybridized carbons (Fsp3) is 0.667. The maximum atomic E-state index is 4.48. The van der Waals surface area contributed by atoms with E-state index in [2.05, 4.69) is 27.4 Å². The van der Waals surface area contributed by atoms with Gasteiger partial charge in [-0.3, -0.25) is 9.98 Å². The lowest BCUT2D eigenvalue weighted by atomic mass is 10.00. The van der Waals surface area contributed by atoms with Crippen molar-refractivity contribution in [2.24, 2.45) is 15.1 Å². The molecule has 0 radical (unpaired) electrons. The van der Waals surface area contributed by atoms with Crippen LogP contribution in [0.25, 0.3) is 0 Å². The summed E-state index contributed by atoms with van der Waals surface area (Å²) in [5, 5.41) is 4.00. The van der Waals surface area contributed by atoms with Gasteiger partial charge >= 0.3 is 0 Å². The predicted molar refractivity (Wildman–Crippen MR) is 54.9 cm³/mol. The maximum Gasteiger partial charge on any atom is 0.0941 e. The van der Waals surface area contributed by atoms with E-state index >= 15 is 0 Å². The first-order chi connectivity index (χ1) is 6.27. The van der Waals surface area contributed by atoms with Crippen molar-refractivity contribution in [3.8, 4) is 0 Å². The lowest BCUT2D eigenvalue weighted by Gasteiger charge is -2.25. The Hall–Kier alpha value is -1.19. The molecule has 0 aliphatic carbocycles. The van der Waals surface area contributed by atoms with Crippen LogP contribution < -0.4 is 5.43 Å². The Bertz CT molecular complexity index is 271. The van der Waals surface area contributed by atoms with Crippen molar-refractivity contribution in [2.45, 2.75) is 38.4 Å². The topological polar surface area (TPSA) is 49.1 Å². The van der Waals surface area contributed by atoms with Gasteiger partial charge < -0.3 is 5.43 Å². The first-order valence-corrected chi connectivity index (χ1v) is 4.62. The molecule has 3 unspecified atom stereocenters. The highest BCUT2D eigenvalue weighted by Gasteiger charge is 2.28. The molecule has 0 amide bonds. The summed E-state index contributed by atoms with van der Waals surface area (Å²) in [6, 6.07) is 0.846. The predicted octanol–water partition coefficient (Wildman–Crippen LogP) is 0.637. The van der Waals surface area contributed by atoms with Gasteiger partial charge in [-0.1, -0.05) is 0 Å². The molecular weight excluding hydrogens is 164 g/mol. The zero-order valence-electron chi connectivity index (χ0n) is 7.94. The van der Waals surface area contributed by atoms with Gasteiger partial charge in [0.1, 0.15) is 0 Å². The normalized spacial score (nSPS) is 37.4. The van der Waals surface area contributed by atoms with Crippen LogP contribution in [-0.4, -0.2) is 36.3 Å². The van der Waals surface area contributed by atoms with Gasteiger partial charge in [0.05, 0.1) is 18.1 Å². The number of hydrazone groups is 1. The summed E-state index contributed by atoms with van der Waals surface area (Å²) < 4.78 is 0. The molecule has 2 heterocycles. The van der Waals surface area contributed by atoms with Crippen molar-refractivity contribution in [3.63, 3.8) is 0 Å². The van der Waals surface area contributed by atoms with Crippen LogP contribution in [0.4, 0.5) is 0 Å². The minimum absolute atomic E-state index is 0.242. The van der Waals surface area contributed by atoms with Gasteiger partial charge in [0.15, 0.2) is 0 Å². The molecule has 2 rings (SSSR count). The van der Waals surface area contributed by atoms with Crippen molar-refractivity contribution in [2.75, 3.05) is 0 Å². The summed E-state index contributed by atoms with van der Waals surface area (Å²) in [7, 11) is 0. The summed E-state index contributed by atoms with van der Waals surface area (Å²) in [6.45, 7) is 4.08. The zero-order chi connectivity index (χ0) is 9.26. The van der Waals surface area contributed by atoms with E-state index in [0.717, 1.165) is 12.1 Å². The number of nitrogens with one attached hydrogen (secondary N) is 1. The first kappa shape index (κ1) is 8.41. The molecule has 0 fully saturated rings. The van der Waals surface area contributed by atoms with Crippen LogP contribution in [0.2, 0.25) is 0 Å². The van der Waals surface area contributed by atoms with Gasteiger partial charge in [-0.15, -0.1) is 0 Å². The molecule has 0 saturated carbocycles. The Morgan fingerprint density at radius 3 is 3.00 bits per heavy atom. The summed E-state index contributed by atoms with van der Waals surface area (Å²) in [5.74, 6) is 0. The third kappa shape index (κ3) is 1.61. The van der Waals surface area contributed by atoms with Crippen molar-refractivity contribution < 1.29 is 0 Å². The van der Waals surface area contributed by atoms with E-state index in [1.807, 2.05) is 19.4 Å². The van der Waals surface area contributed by atoms with E-state index in [4.69, 9.17) is 0 Å². The minimum Gasteiger partial charge on any atom is -0.305 e. The standard InChI is InChI=1S/C9H14N4/c1-6-5-10-9(7(2)12-6)8-3-4-11-13-8/h4-5,7-9,13H,3H2,1-2H3. The smallest absolute Gasteiger partial charge is 0.0941 e. The molecule has 2 aliphatic heterocycles. The van der Waals surface area contributed by atoms with Crippen LogP contribution in [0.15, 0.2) is 15.1 Å². The molecule has 3 atom stereocenters. The van der Waals surface area contributed by atoms with Gasteiger partial charge in [-0.05, 0) is 13.8 Å². The highest BCUT2D eigenvalue weighted by molar-refractivity contribution is 6.30. The molecule has 0 spiro atoms. The van der Waals surface area contributed by atoms with Crippen LogP contribution in [0.1, 0.15) is 20.3 Å². The van der Waals surface area contributed by atoms with Gasteiger partial charge in [0, 0.05) is 24.6 Å². The number of hydrogen-bond acceptors (Lipinski definition) is 4. The monoisotopic (exact) mass is 178 g/mol. The average molecular weight is 178 g/mol. The van der Waals surface area contributed by atoms with Crippen molar-refractivity contribution in [1.29, 1.82) is 0 Å². The molecule has 70 valence electrons. The summed E-state index contributed by atoms with van der Waals surface area (Å²) in [4.78, 5) is 8.96. The molecular formula is C9H14N4. The van der Waals surface area contributed by atoms with Crippen LogP contribution in [0, 0.1) is 0 Å². The molecule has 0 saturated heterocycles. The summed E-state index contributed by atoms with van der Waals surface area (Å²) >= 11 is 0. The zero-order valence-corrected chi connectivity index (χ0v) is 7.94. The molecule has 4 heteroatoms. The van der Waals surface area contributed by atoms with E-state index in [9.17, 15) is 0 Å². The molecule has 2 aliphatic rings. The molecule has 1 N–H and O–H groups in total. The van der Waals surface area contributed by atoms with Crippen LogP contribution >= 0.6 is 0 Å². The lowest BCUT2D eigenvalue weighted by Crippen LogP contribution is -2.41. The third-order valence-corrected chi connectivity index (χ3v) is 2.44. The fourth-order valence-electron chi connectivity index (χ4n) is 1.77. The quantitative estimate of drug-likeness (QED) is 0.629. The highest BCUT2D eigenvalue weighted by Crippen LogP contribution is 2.15. The van der Waals surface area contributed by atoms with Gasteiger partial charge in [0.25, 0.3) is 0 Å². The fourth-order valence-corrected chi connectivity index (χ4v) is 1.77. The van der Waals surface area contributed by atoms with Gasteiger partial charge in [-0.2, -0.15) is 5.10 Å². The summed E-state index contributed by atoms with van der Waals surface area (Å²) in [6.07, 6.45) is 4.71. The molecule has 4 nitrogen and oxygen atoms in total. The number of aliphatic imine (C=N–C) groups is 2.